The summed E-state index contributed by atoms with van der Waals surface area (Å²) in [4.78, 5) is 0. The van der Waals surface area contributed by atoms with Gasteiger partial charge in [0.1, 0.15) is 6.10 Å². The molecular weight excluding hydrogens is 347 g/mol. The van der Waals surface area contributed by atoms with Crippen molar-refractivity contribution in [1.82, 2.24) is 0 Å². The van der Waals surface area contributed by atoms with E-state index in [1.807, 2.05) is 0 Å². The molecule has 0 aliphatic carbocycles. The van der Waals surface area contributed by atoms with Gasteiger partial charge < -0.3 is 9.66 Å². The van der Waals surface area contributed by atoms with Crippen LogP contribution in [0.3, 0.4) is 0 Å². The van der Waals surface area contributed by atoms with Crippen molar-refractivity contribution in [2.24, 2.45) is 5.92 Å². The van der Waals surface area contributed by atoms with Crippen molar-refractivity contribution in [2.75, 3.05) is 5.75 Å². The first-order valence-electron chi connectivity index (χ1n) is 9.41. The Balaban J connectivity index is 0. The fourth-order valence-electron chi connectivity index (χ4n) is 2.60. The molecule has 1 unspecified atom stereocenters. The smallest absolute Gasteiger partial charge is 0.748 e. The minimum Gasteiger partial charge on any atom is -0.748 e. The summed E-state index contributed by atoms with van der Waals surface area (Å²) < 4.78 is 31.3. The van der Waals surface area contributed by atoms with Crippen LogP contribution in [0.5, 0.6) is 0 Å². The third-order valence-corrected chi connectivity index (χ3v) is 4.70. The molecule has 0 aromatic carbocycles. The molecule has 0 heterocycles. The van der Waals surface area contributed by atoms with E-state index in [4.69, 9.17) is 0 Å². The Morgan fingerprint density at radius 1 is 0.880 bits per heavy atom. The summed E-state index contributed by atoms with van der Waals surface area (Å²) in [5.74, 6) is 6.24. The molecule has 0 aliphatic heterocycles. The molecule has 0 amide bonds. The zero-order valence-corrected chi connectivity index (χ0v) is 19.2. The van der Waals surface area contributed by atoms with E-state index in [0.29, 0.717) is 12.3 Å². The van der Waals surface area contributed by atoms with Crippen LogP contribution < -0.4 is 29.6 Å². The van der Waals surface area contributed by atoms with Crippen molar-refractivity contribution in [2.45, 2.75) is 97.0 Å². The van der Waals surface area contributed by atoms with Gasteiger partial charge in [-0.25, -0.2) is 8.42 Å². The molecule has 0 aliphatic rings. The van der Waals surface area contributed by atoms with E-state index in [1.54, 1.807) is 0 Å². The second kappa shape index (κ2) is 17.8. The van der Waals surface area contributed by atoms with E-state index in [9.17, 15) is 18.1 Å². The van der Waals surface area contributed by atoms with E-state index in [0.717, 1.165) is 38.5 Å². The molecule has 0 saturated heterocycles. The molecule has 0 spiro atoms. The molecular formula is C19H35NaO4S. The van der Waals surface area contributed by atoms with Crippen molar-refractivity contribution >= 4 is 10.1 Å². The fourth-order valence-corrected chi connectivity index (χ4v) is 3.16. The van der Waals surface area contributed by atoms with Crippen LogP contribution in [0.25, 0.3) is 0 Å². The first kappa shape index (κ1) is 27.6. The molecule has 0 bridgehead atoms. The monoisotopic (exact) mass is 382 g/mol. The van der Waals surface area contributed by atoms with Crippen molar-refractivity contribution in [3.05, 3.63) is 0 Å². The number of unbranched alkanes of at least 4 members (excludes halogenated alkanes) is 10. The van der Waals surface area contributed by atoms with Crippen molar-refractivity contribution in [1.29, 1.82) is 0 Å². The Morgan fingerprint density at radius 3 is 1.76 bits per heavy atom. The standard InChI is InChI=1S/C19H36O4S.Na/c1-18(2)17-19(20)15-13-11-9-7-5-3-4-6-8-10-12-14-16-24(21,22)23;/h18-20H,3-12,14,16-17H2,1-2H3,(H,21,22,23);/q;+1/p-1. The predicted molar refractivity (Wildman–Crippen MR) is 98.6 cm³/mol. The van der Waals surface area contributed by atoms with Gasteiger partial charge in [-0.2, -0.15) is 0 Å². The normalized spacial score (nSPS) is 12.4. The van der Waals surface area contributed by atoms with Crippen LogP contribution in [-0.4, -0.2) is 29.9 Å². The molecule has 4 nitrogen and oxygen atoms in total. The van der Waals surface area contributed by atoms with E-state index in [2.05, 4.69) is 25.7 Å². The Labute approximate surface area is 177 Å². The maximum atomic E-state index is 10.4. The van der Waals surface area contributed by atoms with Crippen LogP contribution in [0.1, 0.15) is 90.9 Å². The average molecular weight is 383 g/mol. The third kappa shape index (κ3) is 24.4. The van der Waals surface area contributed by atoms with Gasteiger partial charge in [-0.1, -0.05) is 71.1 Å². The molecule has 0 aromatic heterocycles. The minimum atomic E-state index is -4.02. The van der Waals surface area contributed by atoms with Gasteiger partial charge in [0.15, 0.2) is 0 Å². The van der Waals surface area contributed by atoms with E-state index < -0.39 is 16.2 Å². The topological polar surface area (TPSA) is 77.4 Å². The molecule has 0 aromatic rings. The maximum absolute atomic E-state index is 10.4. The van der Waals surface area contributed by atoms with Gasteiger partial charge in [-0.15, -0.1) is 5.92 Å². The van der Waals surface area contributed by atoms with E-state index in [-0.39, 0.29) is 35.3 Å². The summed E-state index contributed by atoms with van der Waals surface area (Å²) in [6, 6.07) is 0. The summed E-state index contributed by atoms with van der Waals surface area (Å²) in [5, 5.41) is 9.62. The summed E-state index contributed by atoms with van der Waals surface area (Å²) in [6.07, 6.45) is 11.8. The predicted octanol–water partition coefficient (Wildman–Crippen LogP) is 1.24. The van der Waals surface area contributed by atoms with Crippen LogP contribution in [0.4, 0.5) is 0 Å². The Hall–Kier alpha value is 0.430. The van der Waals surface area contributed by atoms with Gasteiger partial charge in [0.25, 0.3) is 0 Å². The van der Waals surface area contributed by atoms with Crippen LogP contribution in [0.15, 0.2) is 0 Å². The second-order valence-corrected chi connectivity index (χ2v) is 8.54. The van der Waals surface area contributed by atoms with Crippen LogP contribution in [0, 0.1) is 17.8 Å². The van der Waals surface area contributed by atoms with E-state index >= 15 is 0 Å². The quantitative estimate of drug-likeness (QED) is 0.212. The molecule has 0 fully saturated rings. The fraction of sp³-hybridized carbons (Fsp3) is 0.895. The van der Waals surface area contributed by atoms with Gasteiger partial charge in [0.05, 0.1) is 10.1 Å². The van der Waals surface area contributed by atoms with E-state index in [1.165, 1.54) is 32.1 Å². The van der Waals surface area contributed by atoms with Crippen molar-refractivity contribution in [3.8, 4) is 11.8 Å². The van der Waals surface area contributed by atoms with Crippen LogP contribution in [-0.2, 0) is 10.1 Å². The van der Waals surface area contributed by atoms with Crippen molar-refractivity contribution < 1.29 is 47.6 Å². The zero-order valence-electron chi connectivity index (χ0n) is 16.4. The molecule has 0 radical (unpaired) electrons. The Bertz CT molecular complexity index is 452. The number of hydrogen-bond donors (Lipinski definition) is 1. The first-order chi connectivity index (χ1) is 11.3. The van der Waals surface area contributed by atoms with Gasteiger partial charge in [-0.3, -0.25) is 0 Å². The van der Waals surface area contributed by atoms with Gasteiger partial charge >= 0.3 is 29.6 Å². The molecule has 1 atom stereocenters. The minimum absolute atomic E-state index is 0. The van der Waals surface area contributed by atoms with Gasteiger partial charge in [0, 0.05) is 12.2 Å². The SMILES string of the molecule is CC(C)CC(O)C#CCCCCCCCCCCCCS(=O)(=O)[O-].[Na+]. The average Bonchev–Trinajstić information content (AvgIpc) is 2.45. The number of aliphatic hydroxyl groups excluding tert-OH is 1. The zero-order chi connectivity index (χ0) is 18.3. The summed E-state index contributed by atoms with van der Waals surface area (Å²) in [5.41, 5.74) is 0. The Kier molecular flexibility index (Phi) is 19.7. The number of aliphatic hydroxyl groups is 1. The van der Waals surface area contributed by atoms with Crippen LogP contribution in [0.2, 0.25) is 0 Å². The summed E-state index contributed by atoms with van der Waals surface area (Å²) in [6.45, 7) is 4.17. The molecule has 142 valence electrons. The third-order valence-electron chi connectivity index (χ3n) is 3.91. The summed E-state index contributed by atoms with van der Waals surface area (Å²) >= 11 is 0. The first-order valence-corrected chi connectivity index (χ1v) is 11.0. The van der Waals surface area contributed by atoms with Crippen molar-refractivity contribution in [3.63, 3.8) is 0 Å². The Morgan fingerprint density at radius 2 is 1.32 bits per heavy atom. The number of hydrogen-bond acceptors (Lipinski definition) is 4. The van der Waals surface area contributed by atoms with Crippen LogP contribution >= 0.6 is 0 Å². The molecule has 25 heavy (non-hydrogen) atoms. The molecule has 1 N–H and O–H groups in total. The summed E-state index contributed by atoms with van der Waals surface area (Å²) in [7, 11) is -4.02. The molecule has 0 rings (SSSR count). The number of rotatable bonds is 14. The molecule has 6 heteroatoms. The van der Waals surface area contributed by atoms with Gasteiger partial charge in [0.2, 0.25) is 0 Å². The molecule has 0 saturated carbocycles. The second-order valence-electron chi connectivity index (χ2n) is 7.01. The maximum Gasteiger partial charge on any atom is 1.00 e. The van der Waals surface area contributed by atoms with Gasteiger partial charge in [-0.05, 0) is 25.2 Å². The largest absolute Gasteiger partial charge is 1.00 e.